The normalized spacial score (nSPS) is 12.2. The number of hydrogen-bond donors (Lipinski definition) is 9. The van der Waals surface area contributed by atoms with Crippen LogP contribution in [-0.4, -0.2) is 139 Å². The molecule has 338 valence electrons. The molecule has 2 heterocycles. The van der Waals surface area contributed by atoms with Gasteiger partial charge in [-0.15, -0.1) is 0 Å². The van der Waals surface area contributed by atoms with Gasteiger partial charge < -0.3 is 66.6 Å². The van der Waals surface area contributed by atoms with Gasteiger partial charge in [-0.2, -0.15) is 38.6 Å². The summed E-state index contributed by atoms with van der Waals surface area (Å²) in [6, 6.07) is 8.11. The van der Waals surface area contributed by atoms with Gasteiger partial charge in [0.05, 0.1) is 64.0 Å². The molecule has 0 amide bonds. The molecule has 0 fully saturated rings. The van der Waals surface area contributed by atoms with E-state index in [2.05, 4.69) is 80.2 Å². The minimum Gasteiger partial charge on any atom is -0.748 e. The molecular weight excluding hydrogens is 1000 g/mol. The summed E-state index contributed by atoms with van der Waals surface area (Å²) in [5, 5.41) is 78.8. The number of benzene rings is 2. The molecule has 0 saturated heterocycles. The summed E-state index contributed by atoms with van der Waals surface area (Å²) in [7, 11) is -9.71. The number of aliphatic hydroxyl groups excluding tert-OH is 4. The summed E-state index contributed by atoms with van der Waals surface area (Å²) in [6.07, 6.45) is 1.57. The Balaban J connectivity index is 0.0000106. The Kier molecular flexibility index (Phi) is 33.0. The predicted molar refractivity (Wildman–Crippen MR) is 213 cm³/mol. The van der Waals surface area contributed by atoms with Gasteiger partial charge in [0.15, 0.2) is 0 Å². The molecule has 0 aliphatic heterocycles. The average Bonchev–Trinajstić information content (AvgIpc) is 3.22. The number of nitrogens with zero attached hydrogens (tertiary/aromatic N) is 7. The van der Waals surface area contributed by atoms with Crippen molar-refractivity contribution < 1.29 is 194 Å². The maximum Gasteiger partial charge on any atom is 1.00 e. The van der Waals surface area contributed by atoms with Crippen molar-refractivity contribution in [1.82, 2.24) is 29.9 Å². The molecular formula is C30H34N12Na4O16S4. The smallest absolute Gasteiger partial charge is 0.748 e. The number of hydrogen-bond acceptors (Lipinski definition) is 30. The van der Waals surface area contributed by atoms with Crippen molar-refractivity contribution in [3.63, 3.8) is 0 Å². The number of aromatic nitrogens is 6. The SMILES string of the molecule is O=S(=O)([O-])CCNc1nc(NCC(O)CO)nc(Nc2ccc(/C=C/c3ccc(Nc4nc(/N=C/CSOO[O-])nc(NCC(O)CO)n4)cc3S(=O)(=O)[O-])c(SOO[O-])c2)n1.[Na+].[Na+].[Na+].[Na+]. The first-order valence-electron chi connectivity index (χ1n) is 17.0. The van der Waals surface area contributed by atoms with Gasteiger partial charge >= 0.3 is 118 Å². The Hall–Kier alpha value is -1.01. The van der Waals surface area contributed by atoms with E-state index in [-0.39, 0.29) is 201 Å². The zero-order valence-electron chi connectivity index (χ0n) is 35.3. The number of aliphatic hydroxyl groups is 4. The van der Waals surface area contributed by atoms with Gasteiger partial charge in [0.25, 0.3) is 5.95 Å². The van der Waals surface area contributed by atoms with Crippen molar-refractivity contribution in [2.24, 2.45) is 4.99 Å². The van der Waals surface area contributed by atoms with Crippen molar-refractivity contribution in [3.05, 3.63) is 47.5 Å². The van der Waals surface area contributed by atoms with E-state index in [1.807, 2.05) is 0 Å². The van der Waals surface area contributed by atoms with Crippen molar-refractivity contribution in [3.8, 4) is 0 Å². The third-order valence-electron chi connectivity index (χ3n) is 7.14. The van der Waals surface area contributed by atoms with Crippen molar-refractivity contribution in [1.29, 1.82) is 0 Å². The number of nitrogens with one attached hydrogen (secondary N) is 5. The van der Waals surface area contributed by atoms with E-state index >= 15 is 0 Å². The molecule has 2 atom stereocenters. The molecule has 2 unspecified atom stereocenters. The van der Waals surface area contributed by atoms with Crippen LogP contribution in [0.4, 0.5) is 47.1 Å². The van der Waals surface area contributed by atoms with Crippen LogP contribution in [0.1, 0.15) is 11.1 Å². The summed E-state index contributed by atoms with van der Waals surface area (Å²) < 4.78 is 79.3. The third-order valence-corrected chi connectivity index (χ3v) is 9.83. The maximum atomic E-state index is 12.5. The van der Waals surface area contributed by atoms with Gasteiger partial charge in [0, 0.05) is 54.2 Å². The maximum absolute atomic E-state index is 12.5. The molecule has 0 saturated carbocycles. The van der Waals surface area contributed by atoms with Crippen LogP contribution >= 0.6 is 24.1 Å². The molecule has 36 heteroatoms. The molecule has 0 bridgehead atoms. The molecule has 66 heavy (non-hydrogen) atoms. The number of aliphatic imine (C=N–C) groups is 1. The fourth-order valence-corrected chi connectivity index (χ4v) is 6.24. The molecule has 2 aromatic carbocycles. The van der Waals surface area contributed by atoms with Gasteiger partial charge in [-0.05, 0) is 35.4 Å². The van der Waals surface area contributed by atoms with Gasteiger partial charge in [0.1, 0.15) is 10.1 Å². The van der Waals surface area contributed by atoms with Crippen molar-refractivity contribution in [2.75, 3.05) is 70.9 Å². The Morgan fingerprint density at radius 2 is 1.20 bits per heavy atom. The molecule has 9 N–H and O–H groups in total. The number of rotatable bonds is 27. The van der Waals surface area contributed by atoms with E-state index in [0.717, 1.165) is 6.07 Å². The van der Waals surface area contributed by atoms with Gasteiger partial charge in [-0.25, -0.2) is 21.8 Å². The van der Waals surface area contributed by atoms with Crippen LogP contribution in [0.25, 0.3) is 12.2 Å². The van der Waals surface area contributed by atoms with E-state index in [9.17, 15) is 46.7 Å². The molecule has 0 aliphatic rings. The zero-order valence-corrected chi connectivity index (χ0v) is 46.5. The van der Waals surface area contributed by atoms with Crippen LogP contribution in [0, 0.1) is 0 Å². The summed E-state index contributed by atoms with van der Waals surface area (Å²) >= 11 is 1.06. The Morgan fingerprint density at radius 3 is 1.76 bits per heavy atom. The molecule has 4 aromatic rings. The first kappa shape index (κ1) is 65.0. The van der Waals surface area contributed by atoms with Crippen molar-refractivity contribution in [2.45, 2.75) is 22.0 Å². The second-order valence-corrected chi connectivity index (χ2v) is 16.0. The van der Waals surface area contributed by atoms with Crippen molar-refractivity contribution >= 4 is 110 Å². The minimum atomic E-state index is -5.14. The Labute approximate surface area is 473 Å². The monoisotopic (exact) mass is 1040 g/mol. The topological polar surface area (TPSA) is 428 Å². The van der Waals surface area contributed by atoms with Crippen LogP contribution in [0.15, 0.2) is 51.2 Å². The predicted octanol–water partition coefficient (Wildman–Crippen LogP) is -14.1. The zero-order chi connectivity index (χ0) is 45.1. The van der Waals surface area contributed by atoms with Crippen LogP contribution in [-0.2, 0) is 39.0 Å². The van der Waals surface area contributed by atoms with E-state index in [1.165, 1.54) is 48.7 Å². The fourth-order valence-electron chi connectivity index (χ4n) is 4.46. The largest absolute Gasteiger partial charge is 1.00 e. The summed E-state index contributed by atoms with van der Waals surface area (Å²) in [6.45, 7) is -1.88. The van der Waals surface area contributed by atoms with E-state index in [0.29, 0.717) is 29.6 Å². The van der Waals surface area contributed by atoms with Crippen LogP contribution in [0.2, 0.25) is 0 Å². The summed E-state index contributed by atoms with van der Waals surface area (Å²) in [5.74, 6) is -1.70. The molecule has 0 aliphatic carbocycles. The van der Waals surface area contributed by atoms with Crippen LogP contribution < -0.4 is 155 Å². The summed E-state index contributed by atoms with van der Waals surface area (Å²) in [4.78, 5) is 28.2. The first-order valence-corrected chi connectivity index (χ1v) is 21.7. The average molecular weight is 1040 g/mol. The Bertz CT molecular complexity index is 2390. The van der Waals surface area contributed by atoms with E-state index in [4.69, 9.17) is 10.2 Å². The number of anilines is 7. The molecule has 28 nitrogen and oxygen atoms in total. The second kappa shape index (κ2) is 33.6. The van der Waals surface area contributed by atoms with Crippen LogP contribution in [0.3, 0.4) is 0 Å². The second-order valence-electron chi connectivity index (χ2n) is 11.7. The molecule has 0 spiro atoms. The molecule has 2 aromatic heterocycles. The van der Waals surface area contributed by atoms with Crippen LogP contribution in [0.5, 0.6) is 0 Å². The standard InChI is InChI=1S/C30H38N12O16S4.4Na/c43-15-21(45)13-33-27-37-25(31-7-9-59-57-55-47)39-30(42-27)36-20-6-4-18(24(12-20)62(52,53)54)2-1-17-3-5-19(11-23(17)60-58-56-48)35-29-40-26(32-8-10-61(49,50)51)38-28(41-29)34-14-22(46)16-44;;;;/h1-7,11-12,21-22,43-48H,8-10,13-16H2,(H,49,50,51)(H,52,53,54)(H2,33,36,37,39,42)(H3,32,34,35,38,40,41);;;;/q;4*+1/p-4/b2-1+,31-7+;;;;. The van der Waals surface area contributed by atoms with Gasteiger partial charge in [-0.3, -0.25) is 10.1 Å². The quantitative estimate of drug-likeness (QED) is 0.00391. The molecule has 4 rings (SSSR count). The first-order chi connectivity index (χ1) is 29.6. The third kappa shape index (κ3) is 24.2. The van der Waals surface area contributed by atoms with Gasteiger partial charge in [0.2, 0.25) is 29.7 Å². The summed E-state index contributed by atoms with van der Waals surface area (Å²) in [5.41, 5.74) is 0.517. The minimum absolute atomic E-state index is 0. The Morgan fingerprint density at radius 1 is 0.697 bits per heavy atom. The van der Waals surface area contributed by atoms with Gasteiger partial charge in [-0.1, -0.05) is 24.3 Å². The van der Waals surface area contributed by atoms with E-state index in [1.54, 1.807) is 0 Å². The molecule has 0 radical (unpaired) electrons. The fraction of sp³-hybridized carbons (Fsp3) is 0.300. The van der Waals surface area contributed by atoms with E-state index < -0.39 is 56.3 Å².